The molecule has 4 rings (SSSR count). The maximum absolute atomic E-state index is 13.9. The molecule has 0 aromatic heterocycles. The third-order valence-corrected chi connectivity index (χ3v) is 7.07. The summed E-state index contributed by atoms with van der Waals surface area (Å²) in [6.45, 7) is 2.28. The quantitative estimate of drug-likeness (QED) is 0.330. The summed E-state index contributed by atoms with van der Waals surface area (Å²) in [5, 5.41) is 21.2. The van der Waals surface area contributed by atoms with Gasteiger partial charge in [0.1, 0.15) is 6.04 Å². The number of nitrogens with zero attached hydrogens (tertiary/aromatic N) is 4. The molecule has 0 bridgehead atoms. The van der Waals surface area contributed by atoms with Gasteiger partial charge >= 0.3 is 18.2 Å². The number of alkyl halides is 3. The second-order valence-electron chi connectivity index (χ2n) is 10.4. The van der Waals surface area contributed by atoms with Crippen LogP contribution in [0.25, 0.3) is 0 Å². The van der Waals surface area contributed by atoms with E-state index in [9.17, 15) is 28.0 Å². The average Bonchev–Trinajstić information content (AvgIpc) is 2.99. The summed E-state index contributed by atoms with van der Waals surface area (Å²) in [5.74, 6) is -1.32. The largest absolute Gasteiger partial charge is 0.466 e. The van der Waals surface area contributed by atoms with Crippen molar-refractivity contribution in [3.8, 4) is 6.07 Å². The van der Waals surface area contributed by atoms with Crippen LogP contribution in [-0.2, 0) is 28.8 Å². The predicted octanol–water partition coefficient (Wildman–Crippen LogP) is 5.79. The highest BCUT2D eigenvalue weighted by Gasteiger charge is 2.44. The van der Waals surface area contributed by atoms with Crippen molar-refractivity contribution in [1.29, 1.82) is 10.7 Å². The maximum atomic E-state index is 13.9. The van der Waals surface area contributed by atoms with Crippen LogP contribution in [-0.4, -0.2) is 49.0 Å². The highest BCUT2D eigenvalue weighted by atomic mass is 19.4. The molecule has 1 aliphatic heterocycles. The lowest BCUT2D eigenvalue weighted by Crippen LogP contribution is -2.56. The Bertz CT molecular complexity index is 1630. The first-order valence-electron chi connectivity index (χ1n) is 13.5. The molecule has 0 aliphatic carbocycles. The van der Waals surface area contributed by atoms with Gasteiger partial charge in [0.25, 0.3) is 0 Å². The van der Waals surface area contributed by atoms with Gasteiger partial charge in [-0.25, -0.2) is 9.59 Å². The molecule has 228 valence electrons. The van der Waals surface area contributed by atoms with E-state index in [1.807, 2.05) is 49.3 Å². The number of ether oxygens (including phenoxy) is 1. The summed E-state index contributed by atoms with van der Waals surface area (Å²) in [6, 6.07) is 18.0. The van der Waals surface area contributed by atoms with E-state index < -0.39 is 35.7 Å². The van der Waals surface area contributed by atoms with Gasteiger partial charge in [-0.1, -0.05) is 42.5 Å². The van der Waals surface area contributed by atoms with E-state index in [4.69, 9.17) is 10.1 Å². The number of carbonyl (C=O) groups is 2. The van der Waals surface area contributed by atoms with E-state index in [1.165, 1.54) is 31.2 Å². The smallest absolute Gasteiger partial charge is 0.416 e. The van der Waals surface area contributed by atoms with Gasteiger partial charge in [-0.2, -0.15) is 18.4 Å². The fourth-order valence-electron chi connectivity index (χ4n) is 5.00. The van der Waals surface area contributed by atoms with Gasteiger partial charge in [0.05, 0.1) is 29.9 Å². The van der Waals surface area contributed by atoms with Crippen LogP contribution < -0.4 is 10.2 Å². The summed E-state index contributed by atoms with van der Waals surface area (Å²) in [5.41, 5.74) is 1.58. The molecule has 0 saturated carbocycles. The highest BCUT2D eigenvalue weighted by Crippen LogP contribution is 2.41. The van der Waals surface area contributed by atoms with E-state index in [0.717, 1.165) is 46.7 Å². The van der Waals surface area contributed by atoms with Gasteiger partial charge in [-0.3, -0.25) is 15.2 Å². The van der Waals surface area contributed by atoms with Crippen LogP contribution in [0.3, 0.4) is 0 Å². The summed E-state index contributed by atoms with van der Waals surface area (Å²) in [7, 11) is 5.05. The van der Waals surface area contributed by atoms with Crippen molar-refractivity contribution in [2.45, 2.75) is 32.2 Å². The lowest BCUT2D eigenvalue weighted by molar-refractivity contribution is -0.138. The van der Waals surface area contributed by atoms with Crippen LogP contribution in [0, 0.1) is 16.7 Å². The first-order valence-corrected chi connectivity index (χ1v) is 13.5. The monoisotopic (exact) mass is 604 g/mol. The van der Waals surface area contributed by atoms with Crippen molar-refractivity contribution in [3.05, 3.63) is 112 Å². The Balaban J connectivity index is 1.81. The Kier molecular flexibility index (Phi) is 9.40. The molecule has 12 heteroatoms. The van der Waals surface area contributed by atoms with E-state index >= 15 is 0 Å². The summed E-state index contributed by atoms with van der Waals surface area (Å²) in [4.78, 5) is 31.3. The number of urea groups is 1. The van der Waals surface area contributed by atoms with Crippen molar-refractivity contribution >= 4 is 23.6 Å². The lowest BCUT2D eigenvalue weighted by Gasteiger charge is -2.43. The van der Waals surface area contributed by atoms with E-state index in [-0.39, 0.29) is 23.5 Å². The predicted molar refractivity (Wildman–Crippen MR) is 158 cm³/mol. The zero-order valence-electron chi connectivity index (χ0n) is 24.6. The molecule has 9 nitrogen and oxygen atoms in total. The van der Waals surface area contributed by atoms with Crippen molar-refractivity contribution in [3.63, 3.8) is 0 Å². The Labute approximate surface area is 253 Å². The van der Waals surface area contributed by atoms with Gasteiger partial charge in [-0.15, -0.1) is 0 Å². The van der Waals surface area contributed by atoms with Gasteiger partial charge in [0.15, 0.2) is 0 Å². The number of amides is 2. The van der Waals surface area contributed by atoms with Crippen LogP contribution in [0.2, 0.25) is 0 Å². The number of guanidine groups is 1. The number of methoxy groups -OCH3 is 1. The van der Waals surface area contributed by atoms with Gasteiger partial charge < -0.3 is 15.0 Å². The molecule has 3 aromatic carbocycles. The normalized spacial score (nSPS) is 15.3. The fourth-order valence-corrected chi connectivity index (χ4v) is 5.00. The minimum absolute atomic E-state index is 0.0613. The molecule has 2 amide bonds. The van der Waals surface area contributed by atoms with Crippen LogP contribution in [0.1, 0.15) is 40.8 Å². The number of allylic oxidation sites excluding steroid dienone is 1. The molecule has 1 atom stereocenters. The number of halogens is 3. The average molecular weight is 605 g/mol. The third kappa shape index (κ3) is 6.74. The number of nitriles is 1. The van der Waals surface area contributed by atoms with Crippen LogP contribution >= 0.6 is 0 Å². The van der Waals surface area contributed by atoms with Crippen molar-refractivity contribution in [1.82, 2.24) is 15.1 Å². The number of hydrogen-bond acceptors (Lipinski definition) is 6. The van der Waals surface area contributed by atoms with Crippen molar-refractivity contribution < 1.29 is 27.5 Å². The lowest BCUT2D eigenvalue weighted by atomic mass is 9.92. The molecule has 1 heterocycles. The Morgan fingerprint density at radius 2 is 1.68 bits per heavy atom. The molecular weight excluding hydrogens is 573 g/mol. The number of rotatable bonds is 7. The molecule has 0 spiro atoms. The molecule has 0 fully saturated rings. The van der Waals surface area contributed by atoms with Gasteiger partial charge in [0.2, 0.25) is 5.96 Å². The number of hydrogen-bond donors (Lipinski definition) is 2. The number of carbonyl (C=O) groups excluding carboxylic acids is 2. The molecule has 0 radical (unpaired) electrons. The minimum atomic E-state index is -4.67. The zero-order chi connectivity index (χ0) is 32.2. The van der Waals surface area contributed by atoms with E-state index in [1.54, 1.807) is 12.1 Å². The molecule has 3 aromatic rings. The fraction of sp³-hybridized carbons (Fsp3) is 0.250. The highest BCUT2D eigenvalue weighted by molar-refractivity contribution is 6.10. The number of benzene rings is 3. The van der Waals surface area contributed by atoms with Crippen molar-refractivity contribution in [2.24, 2.45) is 0 Å². The van der Waals surface area contributed by atoms with Gasteiger partial charge in [-0.05, 0) is 68.0 Å². The number of esters is 1. The van der Waals surface area contributed by atoms with Crippen LogP contribution in [0.15, 0.2) is 84.1 Å². The second-order valence-corrected chi connectivity index (χ2v) is 10.4. The summed E-state index contributed by atoms with van der Waals surface area (Å²) >= 11 is 0. The Hall–Kier alpha value is -5.15. The van der Waals surface area contributed by atoms with Crippen LogP contribution in [0.5, 0.6) is 0 Å². The van der Waals surface area contributed by atoms with Crippen LogP contribution in [0.4, 0.5) is 23.7 Å². The zero-order valence-corrected chi connectivity index (χ0v) is 24.6. The van der Waals surface area contributed by atoms with Crippen molar-refractivity contribution in [2.75, 3.05) is 26.1 Å². The Morgan fingerprint density at radius 1 is 1.05 bits per heavy atom. The molecule has 2 N–H and O–H groups in total. The first-order chi connectivity index (χ1) is 20.8. The second kappa shape index (κ2) is 13.0. The number of anilines is 1. The van der Waals surface area contributed by atoms with E-state index in [0.29, 0.717) is 11.1 Å². The molecule has 44 heavy (non-hydrogen) atoms. The standard InChI is InChI=1S/C32H31F3N6O3/c1-20-27(29(42)44-4)28(24-14-12-21(17-36)13-15-24)41(30(37)40(20)26-7-5-6-25(16-26)32(33,34)35)31(43)38-18-22-8-10-23(11-9-22)19-39(2)3/h5-16,28,37H,18-19H2,1-4H3,(H,38,43). The van der Waals surface area contributed by atoms with E-state index in [2.05, 4.69) is 5.32 Å². The third-order valence-electron chi connectivity index (χ3n) is 7.07. The molecule has 0 saturated heterocycles. The molecular formula is C32H31F3N6O3. The molecule has 1 aliphatic rings. The topological polar surface area (TPSA) is 113 Å². The maximum Gasteiger partial charge on any atom is 0.416 e. The first kappa shape index (κ1) is 31.8. The number of nitrogens with one attached hydrogen (secondary N) is 2. The molecule has 1 unspecified atom stereocenters. The Morgan fingerprint density at radius 3 is 2.25 bits per heavy atom. The van der Waals surface area contributed by atoms with Gasteiger partial charge in [0, 0.05) is 24.5 Å². The summed E-state index contributed by atoms with van der Waals surface area (Å²) < 4.78 is 46.0. The summed E-state index contributed by atoms with van der Waals surface area (Å²) in [6.07, 6.45) is -4.67. The minimum Gasteiger partial charge on any atom is -0.466 e. The SMILES string of the molecule is COC(=O)C1=C(C)N(c2cccc(C(F)(F)F)c2)C(=N)N(C(=O)NCc2ccc(CN(C)C)cc2)C1c1ccc(C#N)cc1.